The van der Waals surface area contributed by atoms with E-state index in [1.807, 2.05) is 0 Å². The van der Waals surface area contributed by atoms with Gasteiger partial charge in [0.2, 0.25) is 5.91 Å². The number of hydrogen-bond acceptors (Lipinski definition) is 4. The maximum absolute atomic E-state index is 12.2. The maximum Gasteiger partial charge on any atom is 0.251 e. The van der Waals surface area contributed by atoms with Gasteiger partial charge in [0.15, 0.2) is 0 Å². The van der Waals surface area contributed by atoms with Crippen LogP contribution in [0, 0.1) is 0 Å². The molecule has 26 heavy (non-hydrogen) atoms. The molecule has 1 heterocycles. The molecule has 1 unspecified atom stereocenters. The van der Waals surface area contributed by atoms with Crippen LogP contribution in [0.2, 0.25) is 0 Å². The van der Waals surface area contributed by atoms with Gasteiger partial charge in [-0.1, -0.05) is 25.3 Å². The van der Waals surface area contributed by atoms with Gasteiger partial charge in [0.1, 0.15) is 5.75 Å². The molecule has 2 aliphatic rings. The largest absolute Gasteiger partial charge is 0.497 e. The molecule has 1 atom stereocenters. The Morgan fingerprint density at radius 2 is 2.08 bits per heavy atom. The minimum absolute atomic E-state index is 0.00320. The van der Waals surface area contributed by atoms with Crippen LogP contribution >= 0.6 is 0 Å². The Balaban J connectivity index is 1.38. The summed E-state index contributed by atoms with van der Waals surface area (Å²) in [5.74, 6) is 0.382. The zero-order chi connectivity index (χ0) is 18.4. The first-order valence-electron chi connectivity index (χ1n) is 9.46. The number of carbonyl (C=O) groups is 2. The molecule has 6 heteroatoms. The van der Waals surface area contributed by atoms with Gasteiger partial charge in [0, 0.05) is 18.5 Å². The molecule has 1 aromatic carbocycles. The van der Waals surface area contributed by atoms with Gasteiger partial charge in [-0.15, -0.1) is 0 Å². The standard InChI is InChI=1S/C20H28N2O4/c1-25-17-7-5-6-15(12-17)19(24)21-11-8-18(23)22-16-13-20(26-14-16)9-3-2-4-10-20/h5-7,12,16H,2-4,8-11,13-14H2,1H3,(H,21,24)(H,22,23). The number of amides is 2. The zero-order valence-corrected chi connectivity index (χ0v) is 15.4. The number of benzene rings is 1. The molecule has 2 fully saturated rings. The van der Waals surface area contributed by atoms with Crippen LogP contribution in [-0.4, -0.2) is 43.7 Å². The van der Waals surface area contributed by atoms with Crippen LogP contribution in [0.4, 0.5) is 0 Å². The van der Waals surface area contributed by atoms with E-state index in [4.69, 9.17) is 9.47 Å². The minimum atomic E-state index is -0.206. The van der Waals surface area contributed by atoms with E-state index in [0.29, 0.717) is 24.5 Å². The monoisotopic (exact) mass is 360 g/mol. The number of hydrogen-bond donors (Lipinski definition) is 2. The topological polar surface area (TPSA) is 76.7 Å². The second-order valence-corrected chi connectivity index (χ2v) is 7.26. The van der Waals surface area contributed by atoms with Crippen LogP contribution in [0.25, 0.3) is 0 Å². The van der Waals surface area contributed by atoms with Crippen LogP contribution in [0.5, 0.6) is 5.75 Å². The van der Waals surface area contributed by atoms with Gasteiger partial charge in [0.25, 0.3) is 5.91 Å². The van der Waals surface area contributed by atoms with Crippen LogP contribution < -0.4 is 15.4 Å². The third-order valence-corrected chi connectivity index (χ3v) is 5.31. The Kier molecular flexibility index (Phi) is 6.14. The van der Waals surface area contributed by atoms with E-state index in [2.05, 4.69) is 10.6 Å². The summed E-state index contributed by atoms with van der Waals surface area (Å²) in [5.41, 5.74) is 0.518. The van der Waals surface area contributed by atoms with Crippen LogP contribution in [0.3, 0.4) is 0 Å². The SMILES string of the molecule is COc1cccc(C(=O)NCCC(=O)NC2COC3(CCCCC3)C2)c1. The van der Waals surface area contributed by atoms with E-state index < -0.39 is 0 Å². The smallest absolute Gasteiger partial charge is 0.251 e. The highest BCUT2D eigenvalue weighted by Crippen LogP contribution is 2.39. The average Bonchev–Trinajstić information content (AvgIpc) is 3.03. The molecule has 2 N–H and O–H groups in total. The van der Waals surface area contributed by atoms with Crippen molar-refractivity contribution in [2.24, 2.45) is 0 Å². The lowest BCUT2D eigenvalue weighted by Gasteiger charge is -2.32. The Hall–Kier alpha value is -2.08. The highest BCUT2D eigenvalue weighted by Gasteiger charge is 2.41. The molecule has 1 aliphatic heterocycles. The molecule has 0 radical (unpaired) electrons. The zero-order valence-electron chi connectivity index (χ0n) is 15.4. The first kappa shape index (κ1) is 18.7. The number of rotatable bonds is 6. The molecule has 0 aromatic heterocycles. The van der Waals surface area contributed by atoms with Crippen LogP contribution in [0.1, 0.15) is 55.3 Å². The molecule has 1 aromatic rings. The molecular formula is C20H28N2O4. The summed E-state index contributed by atoms with van der Waals surface area (Å²) in [6.45, 7) is 0.905. The lowest BCUT2D eigenvalue weighted by molar-refractivity contribution is -0.121. The molecule has 1 spiro atoms. The Labute approximate surface area is 154 Å². The van der Waals surface area contributed by atoms with Crippen molar-refractivity contribution in [1.82, 2.24) is 10.6 Å². The van der Waals surface area contributed by atoms with Crippen LogP contribution in [0.15, 0.2) is 24.3 Å². The van der Waals surface area contributed by atoms with E-state index in [-0.39, 0.29) is 29.9 Å². The Morgan fingerprint density at radius 3 is 2.85 bits per heavy atom. The van der Waals surface area contributed by atoms with E-state index in [0.717, 1.165) is 19.3 Å². The van der Waals surface area contributed by atoms with Gasteiger partial charge in [-0.05, 0) is 37.5 Å². The van der Waals surface area contributed by atoms with Gasteiger partial charge in [-0.2, -0.15) is 0 Å². The quantitative estimate of drug-likeness (QED) is 0.817. The van der Waals surface area contributed by atoms with Gasteiger partial charge in [-0.3, -0.25) is 9.59 Å². The first-order chi connectivity index (χ1) is 12.6. The molecular weight excluding hydrogens is 332 g/mol. The van der Waals surface area contributed by atoms with E-state index in [1.165, 1.54) is 19.3 Å². The van der Waals surface area contributed by atoms with Gasteiger partial charge in [0.05, 0.1) is 25.4 Å². The summed E-state index contributed by atoms with van der Waals surface area (Å²) in [6.07, 6.45) is 7.11. The van der Waals surface area contributed by atoms with Crippen molar-refractivity contribution in [3.63, 3.8) is 0 Å². The normalized spacial score (nSPS) is 21.3. The number of methoxy groups -OCH3 is 1. The molecule has 2 amide bonds. The van der Waals surface area contributed by atoms with Crippen molar-refractivity contribution in [2.75, 3.05) is 20.3 Å². The van der Waals surface area contributed by atoms with Gasteiger partial charge >= 0.3 is 0 Å². The highest BCUT2D eigenvalue weighted by atomic mass is 16.5. The van der Waals surface area contributed by atoms with E-state index in [1.54, 1.807) is 31.4 Å². The van der Waals surface area contributed by atoms with E-state index >= 15 is 0 Å². The second-order valence-electron chi connectivity index (χ2n) is 7.26. The van der Waals surface area contributed by atoms with Crippen molar-refractivity contribution in [3.05, 3.63) is 29.8 Å². The van der Waals surface area contributed by atoms with Crippen molar-refractivity contribution in [2.45, 2.75) is 56.6 Å². The third-order valence-electron chi connectivity index (χ3n) is 5.31. The highest BCUT2D eigenvalue weighted by molar-refractivity contribution is 5.94. The predicted molar refractivity (Wildman–Crippen MR) is 98.3 cm³/mol. The fraction of sp³-hybridized carbons (Fsp3) is 0.600. The second kappa shape index (κ2) is 8.54. The fourth-order valence-electron chi connectivity index (χ4n) is 3.94. The number of carbonyl (C=O) groups excluding carboxylic acids is 2. The number of ether oxygens (including phenoxy) is 2. The van der Waals surface area contributed by atoms with Crippen molar-refractivity contribution >= 4 is 11.8 Å². The average molecular weight is 360 g/mol. The van der Waals surface area contributed by atoms with E-state index in [9.17, 15) is 9.59 Å². The fourth-order valence-corrected chi connectivity index (χ4v) is 3.94. The lowest BCUT2D eigenvalue weighted by Crippen LogP contribution is -2.39. The lowest BCUT2D eigenvalue weighted by atomic mass is 9.82. The molecule has 6 nitrogen and oxygen atoms in total. The maximum atomic E-state index is 12.2. The molecule has 0 bridgehead atoms. The Bertz CT molecular complexity index is 640. The molecule has 1 saturated heterocycles. The molecule has 3 rings (SSSR count). The summed E-state index contributed by atoms with van der Waals surface area (Å²) in [4.78, 5) is 24.3. The summed E-state index contributed by atoms with van der Waals surface area (Å²) in [6, 6.07) is 7.04. The number of nitrogens with one attached hydrogen (secondary N) is 2. The first-order valence-corrected chi connectivity index (χ1v) is 9.46. The summed E-state index contributed by atoms with van der Waals surface area (Å²) >= 11 is 0. The summed E-state index contributed by atoms with van der Waals surface area (Å²) < 4.78 is 11.1. The van der Waals surface area contributed by atoms with Crippen molar-refractivity contribution < 1.29 is 19.1 Å². The molecule has 1 saturated carbocycles. The van der Waals surface area contributed by atoms with Crippen molar-refractivity contribution in [1.29, 1.82) is 0 Å². The molecule has 142 valence electrons. The molecule has 1 aliphatic carbocycles. The predicted octanol–water partition coefficient (Wildman–Crippen LogP) is 2.42. The van der Waals surface area contributed by atoms with Gasteiger partial charge in [-0.25, -0.2) is 0 Å². The third kappa shape index (κ3) is 4.75. The Morgan fingerprint density at radius 1 is 1.27 bits per heavy atom. The summed E-state index contributed by atoms with van der Waals surface area (Å²) in [7, 11) is 1.56. The van der Waals surface area contributed by atoms with Crippen LogP contribution in [-0.2, 0) is 9.53 Å². The van der Waals surface area contributed by atoms with Crippen molar-refractivity contribution in [3.8, 4) is 5.75 Å². The summed E-state index contributed by atoms with van der Waals surface area (Å²) in [5, 5.41) is 5.82. The van der Waals surface area contributed by atoms with Gasteiger partial charge < -0.3 is 20.1 Å². The minimum Gasteiger partial charge on any atom is -0.497 e.